The van der Waals surface area contributed by atoms with Crippen molar-refractivity contribution >= 4 is 5.91 Å². The summed E-state index contributed by atoms with van der Waals surface area (Å²) in [5.41, 5.74) is 1.03. The summed E-state index contributed by atoms with van der Waals surface area (Å²) >= 11 is 0. The number of piperidine rings is 1. The lowest BCUT2D eigenvalue weighted by Crippen LogP contribution is -2.38. The van der Waals surface area contributed by atoms with Gasteiger partial charge in [0, 0.05) is 37.7 Å². The molecule has 150 valence electrons. The number of carbonyl (C=O) groups is 1. The molecule has 0 aliphatic carbocycles. The number of amides is 1. The number of carbonyl (C=O) groups excluding carboxylic acids is 1. The Hall–Kier alpha value is -3.29. The summed E-state index contributed by atoms with van der Waals surface area (Å²) in [6, 6.07) is 9.59. The monoisotopic (exact) mass is 396 g/mol. The second-order valence-electron chi connectivity index (χ2n) is 7.15. The molecule has 1 N–H and O–H groups in total. The van der Waals surface area contributed by atoms with Crippen LogP contribution >= 0.6 is 0 Å². The molecule has 1 aliphatic rings. The van der Waals surface area contributed by atoms with Gasteiger partial charge in [-0.1, -0.05) is 23.4 Å². The minimum Gasteiger partial charge on any atom is -0.343 e. The van der Waals surface area contributed by atoms with Gasteiger partial charge in [-0.3, -0.25) is 9.59 Å². The zero-order valence-electron chi connectivity index (χ0n) is 15.8. The highest BCUT2D eigenvalue weighted by atomic mass is 19.1. The third-order valence-corrected chi connectivity index (χ3v) is 5.25. The molecule has 4 rings (SSSR count). The average Bonchev–Trinajstić information content (AvgIpc) is 3.24. The number of likely N-dealkylation sites (tertiary alicyclic amines) is 1. The van der Waals surface area contributed by atoms with Crippen LogP contribution in [-0.2, 0) is 11.2 Å². The maximum atomic E-state index is 13.7. The SMILES string of the molecule is O=C(CCc1ccccc1F)N1CCC(c2noc(-c3ccc(=O)[nH]c3)n2)CC1. The molecule has 0 spiro atoms. The first-order chi connectivity index (χ1) is 14.1. The minimum atomic E-state index is -0.269. The molecule has 1 aliphatic heterocycles. The zero-order valence-corrected chi connectivity index (χ0v) is 15.8. The van der Waals surface area contributed by atoms with Crippen LogP contribution in [0.3, 0.4) is 0 Å². The van der Waals surface area contributed by atoms with Crippen molar-refractivity contribution < 1.29 is 13.7 Å². The predicted octanol–water partition coefficient (Wildman–Crippen LogP) is 2.90. The van der Waals surface area contributed by atoms with Crippen LogP contribution in [0, 0.1) is 5.82 Å². The van der Waals surface area contributed by atoms with Gasteiger partial charge in [0.25, 0.3) is 5.89 Å². The van der Waals surface area contributed by atoms with Gasteiger partial charge in [-0.2, -0.15) is 4.98 Å². The second kappa shape index (κ2) is 8.38. The zero-order chi connectivity index (χ0) is 20.2. The molecule has 8 heteroatoms. The van der Waals surface area contributed by atoms with Crippen LogP contribution in [-0.4, -0.2) is 39.0 Å². The smallest absolute Gasteiger partial charge is 0.259 e. The van der Waals surface area contributed by atoms with Gasteiger partial charge >= 0.3 is 0 Å². The number of halogens is 1. The molecule has 3 aromatic rings. The fraction of sp³-hybridized carbons (Fsp3) is 0.333. The van der Waals surface area contributed by atoms with Crippen molar-refractivity contribution in [1.82, 2.24) is 20.0 Å². The molecule has 1 amide bonds. The summed E-state index contributed by atoms with van der Waals surface area (Å²) in [6.07, 6.45) is 3.73. The Morgan fingerprint density at radius 1 is 1.21 bits per heavy atom. The van der Waals surface area contributed by atoms with E-state index in [2.05, 4.69) is 15.1 Å². The first kappa shape index (κ1) is 19.0. The van der Waals surface area contributed by atoms with Crippen molar-refractivity contribution in [1.29, 1.82) is 0 Å². The van der Waals surface area contributed by atoms with Crippen molar-refractivity contribution in [2.75, 3.05) is 13.1 Å². The van der Waals surface area contributed by atoms with Crippen LogP contribution in [0.25, 0.3) is 11.5 Å². The Bertz CT molecular complexity index is 1030. The lowest BCUT2D eigenvalue weighted by atomic mass is 9.95. The summed E-state index contributed by atoms with van der Waals surface area (Å²) in [4.78, 5) is 32.5. The highest BCUT2D eigenvalue weighted by molar-refractivity contribution is 5.76. The van der Waals surface area contributed by atoms with Crippen LogP contribution in [0.4, 0.5) is 4.39 Å². The van der Waals surface area contributed by atoms with Gasteiger partial charge in [0.15, 0.2) is 5.82 Å². The fourth-order valence-electron chi connectivity index (χ4n) is 3.55. The molecular weight excluding hydrogens is 375 g/mol. The fourth-order valence-corrected chi connectivity index (χ4v) is 3.55. The first-order valence-corrected chi connectivity index (χ1v) is 9.64. The van der Waals surface area contributed by atoms with Crippen molar-refractivity contribution in [2.24, 2.45) is 0 Å². The Labute approximate surface area is 166 Å². The van der Waals surface area contributed by atoms with Crippen molar-refractivity contribution in [3.63, 3.8) is 0 Å². The molecule has 2 aromatic heterocycles. The van der Waals surface area contributed by atoms with Crippen LogP contribution in [0.2, 0.25) is 0 Å². The molecule has 1 fully saturated rings. The van der Waals surface area contributed by atoms with E-state index < -0.39 is 0 Å². The number of hydrogen-bond acceptors (Lipinski definition) is 5. The molecular formula is C21H21FN4O3. The molecule has 1 saturated heterocycles. The average molecular weight is 396 g/mol. The molecule has 0 bridgehead atoms. The molecule has 0 saturated carbocycles. The topological polar surface area (TPSA) is 92.1 Å². The lowest BCUT2D eigenvalue weighted by Gasteiger charge is -2.30. The number of hydrogen-bond donors (Lipinski definition) is 1. The van der Waals surface area contributed by atoms with E-state index in [1.165, 1.54) is 18.3 Å². The number of aryl methyl sites for hydroxylation is 1. The van der Waals surface area contributed by atoms with Gasteiger partial charge in [0.05, 0.1) is 5.56 Å². The van der Waals surface area contributed by atoms with Gasteiger partial charge in [-0.15, -0.1) is 0 Å². The molecule has 0 unspecified atom stereocenters. The second-order valence-corrected chi connectivity index (χ2v) is 7.15. The maximum Gasteiger partial charge on any atom is 0.259 e. The molecule has 3 heterocycles. The van der Waals surface area contributed by atoms with E-state index >= 15 is 0 Å². The molecule has 1 aromatic carbocycles. The Balaban J connectivity index is 1.31. The number of rotatable bonds is 5. The van der Waals surface area contributed by atoms with E-state index in [0.29, 0.717) is 48.8 Å². The number of nitrogens with one attached hydrogen (secondary N) is 1. The van der Waals surface area contributed by atoms with Crippen molar-refractivity contribution in [3.05, 3.63) is 70.2 Å². The molecule has 7 nitrogen and oxygen atoms in total. The first-order valence-electron chi connectivity index (χ1n) is 9.64. The number of H-pyrrole nitrogens is 1. The summed E-state index contributed by atoms with van der Waals surface area (Å²) < 4.78 is 19.0. The minimum absolute atomic E-state index is 0.0359. The van der Waals surface area contributed by atoms with Crippen molar-refractivity contribution in [2.45, 2.75) is 31.6 Å². The highest BCUT2D eigenvalue weighted by Gasteiger charge is 2.27. The van der Waals surface area contributed by atoms with E-state index in [4.69, 9.17) is 4.52 Å². The van der Waals surface area contributed by atoms with Crippen LogP contribution in [0.1, 0.15) is 36.6 Å². The van der Waals surface area contributed by atoms with E-state index in [9.17, 15) is 14.0 Å². The van der Waals surface area contributed by atoms with Gasteiger partial charge < -0.3 is 14.4 Å². The van der Waals surface area contributed by atoms with Gasteiger partial charge in [0.1, 0.15) is 5.82 Å². The quantitative estimate of drug-likeness (QED) is 0.716. The molecule has 29 heavy (non-hydrogen) atoms. The van der Waals surface area contributed by atoms with E-state index in [-0.39, 0.29) is 23.2 Å². The van der Waals surface area contributed by atoms with Crippen LogP contribution in [0.15, 0.2) is 51.9 Å². The van der Waals surface area contributed by atoms with E-state index in [0.717, 1.165) is 12.8 Å². The standard InChI is InChI=1S/C21H21FN4O3/c22-17-4-2-1-3-14(17)6-8-19(28)26-11-9-15(10-12-26)20-24-21(29-25-20)16-5-7-18(27)23-13-16/h1-5,7,13,15H,6,8-12H2,(H,23,27). The van der Waals surface area contributed by atoms with Crippen molar-refractivity contribution in [3.8, 4) is 11.5 Å². The van der Waals surface area contributed by atoms with Crippen LogP contribution in [0.5, 0.6) is 0 Å². The number of nitrogens with zero attached hydrogens (tertiary/aromatic N) is 3. The summed E-state index contributed by atoms with van der Waals surface area (Å²) in [5, 5.41) is 4.07. The Morgan fingerprint density at radius 3 is 2.72 bits per heavy atom. The van der Waals surface area contributed by atoms with Gasteiger partial charge in [0.2, 0.25) is 11.5 Å². The predicted molar refractivity (Wildman–Crippen MR) is 104 cm³/mol. The largest absolute Gasteiger partial charge is 0.343 e. The van der Waals surface area contributed by atoms with Gasteiger partial charge in [-0.05, 0) is 37.0 Å². The summed E-state index contributed by atoms with van der Waals surface area (Å²) in [7, 11) is 0. The van der Waals surface area contributed by atoms with Crippen LogP contribution < -0.4 is 5.56 Å². The summed E-state index contributed by atoms with van der Waals surface area (Å²) in [6.45, 7) is 1.23. The number of benzene rings is 1. The normalized spacial score (nSPS) is 14.9. The summed E-state index contributed by atoms with van der Waals surface area (Å²) in [5.74, 6) is 0.860. The molecule has 0 atom stereocenters. The number of aromatic amines is 1. The Morgan fingerprint density at radius 2 is 2.00 bits per heavy atom. The third kappa shape index (κ3) is 4.42. The third-order valence-electron chi connectivity index (χ3n) is 5.25. The Kier molecular flexibility index (Phi) is 5.50. The highest BCUT2D eigenvalue weighted by Crippen LogP contribution is 2.28. The lowest BCUT2D eigenvalue weighted by molar-refractivity contribution is -0.132. The maximum absolute atomic E-state index is 13.7. The van der Waals surface area contributed by atoms with E-state index in [1.54, 1.807) is 24.3 Å². The number of aromatic nitrogens is 3. The van der Waals surface area contributed by atoms with Gasteiger partial charge in [-0.25, -0.2) is 4.39 Å². The van der Waals surface area contributed by atoms with E-state index in [1.807, 2.05) is 4.90 Å². The molecule has 0 radical (unpaired) electrons. The number of pyridine rings is 1.